The molecule has 9 heteroatoms. The molecular weight excluding hydrogens is 506 g/mol. The highest BCUT2D eigenvalue weighted by Gasteiger charge is 2.40. The number of aromatic hydroxyl groups is 1. The van der Waals surface area contributed by atoms with E-state index in [1.807, 2.05) is 55.5 Å². The summed E-state index contributed by atoms with van der Waals surface area (Å²) < 4.78 is 9.64. The summed E-state index contributed by atoms with van der Waals surface area (Å²) in [5.41, 5.74) is 5.28. The number of aromatic nitrogens is 2. The van der Waals surface area contributed by atoms with Crippen molar-refractivity contribution in [3.05, 3.63) is 93.4 Å². The second kappa shape index (κ2) is 10.6. The van der Waals surface area contributed by atoms with Gasteiger partial charge in [-0.2, -0.15) is 15.6 Å². The largest absolute Gasteiger partial charge is 0.506 e. The number of aryl methyl sites for hydroxylation is 2. The molecule has 9 nitrogen and oxygen atoms in total. The summed E-state index contributed by atoms with van der Waals surface area (Å²) in [6, 6.07) is 11.7. The number of fused-ring (bicyclic) bond motifs is 1. The zero-order chi connectivity index (χ0) is 28.6. The summed E-state index contributed by atoms with van der Waals surface area (Å²) in [4.78, 5) is 13.0. The number of nitriles is 2. The summed E-state index contributed by atoms with van der Waals surface area (Å²) in [6.07, 6.45) is 7.65. The van der Waals surface area contributed by atoms with Crippen LogP contribution in [0.25, 0.3) is 11.1 Å². The van der Waals surface area contributed by atoms with E-state index in [-0.39, 0.29) is 45.8 Å². The first kappa shape index (κ1) is 26.6. The van der Waals surface area contributed by atoms with Gasteiger partial charge in [-0.1, -0.05) is 24.3 Å². The van der Waals surface area contributed by atoms with Crippen LogP contribution in [-0.2, 0) is 16.6 Å². The Kier molecular flexibility index (Phi) is 7.08. The molecule has 1 aromatic carbocycles. The number of carbonyl (C=O) groups is 1. The first-order valence-corrected chi connectivity index (χ1v) is 13.0. The number of aliphatic hydroxyl groups excluding tert-OH is 1. The normalized spacial score (nSPS) is 17.6. The van der Waals surface area contributed by atoms with E-state index in [0.29, 0.717) is 30.8 Å². The lowest BCUT2D eigenvalue weighted by Gasteiger charge is -2.23. The van der Waals surface area contributed by atoms with Gasteiger partial charge in [-0.15, -0.1) is 0 Å². The van der Waals surface area contributed by atoms with E-state index in [1.54, 1.807) is 26.1 Å². The molecule has 0 bridgehead atoms. The van der Waals surface area contributed by atoms with Crippen molar-refractivity contribution in [1.82, 2.24) is 9.78 Å². The van der Waals surface area contributed by atoms with Gasteiger partial charge in [0.15, 0.2) is 12.3 Å². The fraction of sp³-hybridized carbons (Fsp3) is 0.258. The van der Waals surface area contributed by atoms with Crippen molar-refractivity contribution in [2.45, 2.75) is 26.4 Å². The van der Waals surface area contributed by atoms with E-state index in [9.17, 15) is 25.5 Å². The van der Waals surface area contributed by atoms with Gasteiger partial charge in [0.1, 0.15) is 36.6 Å². The number of allylic oxidation sites excluding steroid dienone is 8. The maximum absolute atomic E-state index is 13.0. The summed E-state index contributed by atoms with van der Waals surface area (Å²) in [5, 5.41) is 43.8. The lowest BCUT2D eigenvalue weighted by molar-refractivity contribution is -0.526. The topological polar surface area (TPSA) is 135 Å². The average Bonchev–Trinajstić information content (AvgIpc) is 3.44. The molecule has 2 aromatic rings. The highest BCUT2D eigenvalue weighted by atomic mass is 16.5. The standard InChI is InChI=1S/C31H27N5O4/c1-4-36(13-14-40-25-15-24(20(16-32)17-33)22-7-5-6-8-23(22)25)21-11-9-19(10-12-21)27-29(37)28(30(27)38)26-18(2)34-35(3)31(26)39/h5-12,25H,4,13-15H2,1-3H3,(H,37,38)/p+1. The van der Waals surface area contributed by atoms with Crippen molar-refractivity contribution < 1.29 is 24.3 Å². The molecule has 1 unspecified atom stereocenters. The van der Waals surface area contributed by atoms with Crippen LogP contribution in [0.1, 0.15) is 41.8 Å². The molecule has 3 aliphatic rings. The zero-order valence-electron chi connectivity index (χ0n) is 22.5. The Labute approximate surface area is 231 Å². The zero-order valence-corrected chi connectivity index (χ0v) is 22.5. The SMILES string of the molecule is CC[N+](CCOC1CC(=C(C#N)C#N)c2ccccc21)=C1C=CC(=C2C(=O)C(c3c(C)nn(C)c3O)=C2O)C=C1. The third kappa shape index (κ3) is 4.37. The molecule has 1 heterocycles. The summed E-state index contributed by atoms with van der Waals surface area (Å²) in [6.45, 7) is 5.50. The lowest BCUT2D eigenvalue weighted by Crippen LogP contribution is -2.25. The van der Waals surface area contributed by atoms with E-state index in [2.05, 4.69) is 9.67 Å². The van der Waals surface area contributed by atoms with Crippen LogP contribution in [0.4, 0.5) is 0 Å². The van der Waals surface area contributed by atoms with Crippen molar-refractivity contribution in [3.63, 3.8) is 0 Å². The Morgan fingerprint density at radius 3 is 2.45 bits per heavy atom. The highest BCUT2D eigenvalue weighted by Crippen LogP contribution is 2.44. The number of rotatable bonds is 6. The van der Waals surface area contributed by atoms with E-state index in [0.717, 1.165) is 29.0 Å². The molecular formula is C31H28N5O4+. The predicted molar refractivity (Wildman–Crippen MR) is 148 cm³/mol. The van der Waals surface area contributed by atoms with E-state index in [1.165, 1.54) is 4.68 Å². The molecule has 0 saturated carbocycles. The Hall–Kier alpha value is -4.99. The smallest absolute Gasteiger partial charge is 0.217 e. The molecule has 0 radical (unpaired) electrons. The lowest BCUT2D eigenvalue weighted by atomic mass is 9.80. The number of aliphatic hydroxyl groups is 1. The van der Waals surface area contributed by atoms with Crippen LogP contribution in [-0.4, -0.2) is 55.8 Å². The number of ketones is 1. The Morgan fingerprint density at radius 1 is 1.15 bits per heavy atom. The molecule has 200 valence electrons. The maximum atomic E-state index is 13.0. The van der Waals surface area contributed by atoms with Crippen molar-refractivity contribution >= 4 is 22.6 Å². The van der Waals surface area contributed by atoms with Crippen LogP contribution >= 0.6 is 0 Å². The third-order valence-electron chi connectivity index (χ3n) is 7.50. The fourth-order valence-electron chi connectivity index (χ4n) is 5.46. The van der Waals surface area contributed by atoms with Crippen LogP contribution in [0.3, 0.4) is 0 Å². The van der Waals surface area contributed by atoms with Gasteiger partial charge in [0.2, 0.25) is 11.7 Å². The first-order chi connectivity index (χ1) is 19.3. The van der Waals surface area contributed by atoms with Gasteiger partial charge in [0.05, 0.1) is 28.5 Å². The molecule has 0 aliphatic heterocycles. The van der Waals surface area contributed by atoms with Crippen LogP contribution in [0, 0.1) is 29.6 Å². The Balaban J connectivity index is 1.30. The number of carbonyl (C=O) groups excluding carboxylic acids is 1. The van der Waals surface area contributed by atoms with Crippen molar-refractivity contribution in [2.75, 3.05) is 19.7 Å². The molecule has 0 spiro atoms. The van der Waals surface area contributed by atoms with E-state index < -0.39 is 0 Å². The van der Waals surface area contributed by atoms with E-state index >= 15 is 0 Å². The summed E-state index contributed by atoms with van der Waals surface area (Å²) in [5.74, 6) is -0.642. The maximum Gasteiger partial charge on any atom is 0.217 e. The monoisotopic (exact) mass is 534 g/mol. The molecule has 1 atom stereocenters. The summed E-state index contributed by atoms with van der Waals surface area (Å²) >= 11 is 0. The van der Waals surface area contributed by atoms with Gasteiger partial charge in [0, 0.05) is 25.6 Å². The first-order valence-electron chi connectivity index (χ1n) is 13.0. The van der Waals surface area contributed by atoms with Gasteiger partial charge < -0.3 is 14.9 Å². The molecule has 5 rings (SSSR count). The number of Topliss-reactive ketones (excluding diaryl/α,β-unsaturated/α-hetero) is 1. The second-order valence-electron chi connectivity index (χ2n) is 9.69. The molecule has 0 fully saturated rings. The minimum atomic E-state index is -0.335. The fourth-order valence-corrected chi connectivity index (χ4v) is 5.46. The van der Waals surface area contributed by atoms with Crippen molar-refractivity contribution in [2.24, 2.45) is 7.05 Å². The molecule has 3 aliphatic carbocycles. The average molecular weight is 535 g/mol. The Bertz CT molecular complexity index is 1680. The van der Waals surface area contributed by atoms with Gasteiger partial charge in [-0.25, -0.2) is 9.26 Å². The molecule has 2 N–H and O–H groups in total. The minimum Gasteiger partial charge on any atom is -0.506 e. The van der Waals surface area contributed by atoms with Crippen LogP contribution < -0.4 is 0 Å². The van der Waals surface area contributed by atoms with Crippen LogP contribution in [0.15, 0.2) is 71.0 Å². The number of nitrogens with zero attached hydrogens (tertiary/aromatic N) is 5. The second-order valence-corrected chi connectivity index (χ2v) is 9.69. The molecule has 0 saturated heterocycles. The Morgan fingerprint density at radius 2 is 1.85 bits per heavy atom. The van der Waals surface area contributed by atoms with E-state index in [4.69, 9.17) is 4.74 Å². The van der Waals surface area contributed by atoms with Crippen molar-refractivity contribution in [3.8, 4) is 18.0 Å². The van der Waals surface area contributed by atoms with Gasteiger partial charge in [-0.05, 0) is 48.3 Å². The van der Waals surface area contributed by atoms with Gasteiger partial charge in [0.25, 0.3) is 0 Å². The van der Waals surface area contributed by atoms with Crippen LogP contribution in [0.2, 0.25) is 0 Å². The molecule has 0 amide bonds. The molecule has 40 heavy (non-hydrogen) atoms. The molecule has 1 aromatic heterocycles. The van der Waals surface area contributed by atoms with Gasteiger partial charge >= 0.3 is 0 Å². The third-order valence-corrected chi connectivity index (χ3v) is 7.50. The number of hydrogen-bond acceptors (Lipinski definition) is 7. The number of hydrogen-bond donors (Lipinski definition) is 2. The quantitative estimate of drug-likeness (QED) is 0.323. The number of ether oxygens (including phenoxy) is 1. The van der Waals surface area contributed by atoms with Gasteiger partial charge in [-0.3, -0.25) is 4.79 Å². The highest BCUT2D eigenvalue weighted by molar-refractivity contribution is 6.40. The summed E-state index contributed by atoms with van der Waals surface area (Å²) in [7, 11) is 1.57. The number of likely N-dealkylation sites (N-methyl/N-ethyl adjacent to an activating group) is 1. The van der Waals surface area contributed by atoms with Crippen LogP contribution in [0.5, 0.6) is 5.88 Å². The number of benzene rings is 1. The predicted octanol–water partition coefficient (Wildman–Crippen LogP) is 4.14. The van der Waals surface area contributed by atoms with Crippen molar-refractivity contribution in [1.29, 1.82) is 10.5 Å². The minimum absolute atomic E-state index is 0.0812.